The lowest BCUT2D eigenvalue weighted by Crippen LogP contribution is -2.49. The van der Waals surface area contributed by atoms with Crippen LogP contribution in [-0.2, 0) is 11.2 Å². The van der Waals surface area contributed by atoms with Gasteiger partial charge < -0.3 is 20.3 Å². The summed E-state index contributed by atoms with van der Waals surface area (Å²) in [6.07, 6.45) is 5.26. The molecule has 1 saturated heterocycles. The second-order valence-electron chi connectivity index (χ2n) is 7.01. The monoisotopic (exact) mass is 529 g/mol. The van der Waals surface area contributed by atoms with Gasteiger partial charge in [-0.2, -0.15) is 0 Å². The van der Waals surface area contributed by atoms with Gasteiger partial charge in [0, 0.05) is 44.8 Å². The fourth-order valence-electron chi connectivity index (χ4n) is 3.42. The molecular weight excluding hydrogens is 497 g/mol. The maximum absolute atomic E-state index is 11.8. The van der Waals surface area contributed by atoms with Gasteiger partial charge in [0.1, 0.15) is 5.82 Å². The summed E-state index contributed by atoms with van der Waals surface area (Å²) in [6.45, 7) is 7.23. The maximum Gasteiger partial charge on any atom is 0.409 e. The van der Waals surface area contributed by atoms with Crippen LogP contribution in [0.25, 0.3) is 5.65 Å². The van der Waals surface area contributed by atoms with Crippen molar-refractivity contribution in [1.82, 2.24) is 30.1 Å². The van der Waals surface area contributed by atoms with Crippen molar-refractivity contribution in [2.75, 3.05) is 32.8 Å². The first-order chi connectivity index (χ1) is 14.2. The SMILES string of the molecule is CCNC(=NCCCc1nnc2ccccn12)NC1CCN(C(=O)OCC)CC1.I. The van der Waals surface area contributed by atoms with Crippen LogP contribution in [-0.4, -0.2) is 70.4 Å². The molecule has 9 nitrogen and oxygen atoms in total. The molecule has 3 rings (SSSR count). The van der Waals surface area contributed by atoms with E-state index in [1.165, 1.54) is 0 Å². The fourth-order valence-corrected chi connectivity index (χ4v) is 3.42. The molecule has 1 aliphatic heterocycles. The van der Waals surface area contributed by atoms with Gasteiger partial charge in [-0.1, -0.05) is 6.07 Å². The Hall–Kier alpha value is -2.11. The summed E-state index contributed by atoms with van der Waals surface area (Å²) in [6, 6.07) is 6.20. The molecule has 0 spiro atoms. The summed E-state index contributed by atoms with van der Waals surface area (Å²) in [5.41, 5.74) is 0.871. The Balaban J connectivity index is 0.00000320. The van der Waals surface area contributed by atoms with E-state index in [9.17, 15) is 4.79 Å². The first kappa shape index (κ1) is 24.2. The number of hydrogen-bond acceptors (Lipinski definition) is 5. The van der Waals surface area contributed by atoms with Crippen LogP contribution < -0.4 is 10.6 Å². The second kappa shape index (κ2) is 12.6. The number of carbonyl (C=O) groups is 1. The van der Waals surface area contributed by atoms with Gasteiger partial charge in [-0.05, 0) is 45.2 Å². The highest BCUT2D eigenvalue weighted by molar-refractivity contribution is 14.0. The lowest BCUT2D eigenvalue weighted by molar-refractivity contribution is 0.0963. The smallest absolute Gasteiger partial charge is 0.409 e. The van der Waals surface area contributed by atoms with Gasteiger partial charge in [-0.25, -0.2) is 4.79 Å². The average Bonchev–Trinajstić information content (AvgIpc) is 3.15. The quantitative estimate of drug-likeness (QED) is 0.248. The van der Waals surface area contributed by atoms with Gasteiger partial charge in [0.05, 0.1) is 6.61 Å². The number of pyridine rings is 1. The lowest BCUT2D eigenvalue weighted by atomic mass is 10.1. The number of aryl methyl sites for hydroxylation is 1. The molecule has 0 unspecified atom stereocenters. The summed E-state index contributed by atoms with van der Waals surface area (Å²) >= 11 is 0. The number of nitrogens with one attached hydrogen (secondary N) is 2. The van der Waals surface area contributed by atoms with Gasteiger partial charge >= 0.3 is 6.09 Å². The molecule has 1 aliphatic rings. The van der Waals surface area contributed by atoms with Crippen LogP contribution >= 0.6 is 24.0 Å². The van der Waals surface area contributed by atoms with Crippen molar-refractivity contribution in [3.05, 3.63) is 30.2 Å². The topological polar surface area (TPSA) is 96.1 Å². The molecule has 0 radical (unpaired) electrons. The number of hydrogen-bond donors (Lipinski definition) is 2. The number of guanidine groups is 1. The molecule has 1 fully saturated rings. The highest BCUT2D eigenvalue weighted by Gasteiger charge is 2.24. The Bertz CT molecular complexity index is 818. The van der Waals surface area contributed by atoms with Crippen LogP contribution in [0.5, 0.6) is 0 Å². The van der Waals surface area contributed by atoms with Crippen molar-refractivity contribution in [2.24, 2.45) is 4.99 Å². The summed E-state index contributed by atoms with van der Waals surface area (Å²) < 4.78 is 7.10. The third-order valence-corrected chi connectivity index (χ3v) is 4.92. The highest BCUT2D eigenvalue weighted by Crippen LogP contribution is 2.11. The first-order valence-electron chi connectivity index (χ1n) is 10.5. The number of halogens is 1. The summed E-state index contributed by atoms with van der Waals surface area (Å²) in [7, 11) is 0. The van der Waals surface area contributed by atoms with E-state index in [1.807, 2.05) is 35.7 Å². The van der Waals surface area contributed by atoms with Crippen LogP contribution in [0, 0.1) is 0 Å². The number of aromatic nitrogens is 3. The van der Waals surface area contributed by atoms with Crippen LogP contribution in [0.15, 0.2) is 29.4 Å². The minimum absolute atomic E-state index is 0. The van der Waals surface area contributed by atoms with E-state index in [2.05, 4.69) is 27.8 Å². The van der Waals surface area contributed by atoms with E-state index < -0.39 is 0 Å². The highest BCUT2D eigenvalue weighted by atomic mass is 127. The van der Waals surface area contributed by atoms with Crippen molar-refractivity contribution < 1.29 is 9.53 Å². The largest absolute Gasteiger partial charge is 0.450 e. The Morgan fingerprint density at radius 1 is 1.27 bits per heavy atom. The Morgan fingerprint density at radius 3 is 2.80 bits per heavy atom. The molecule has 30 heavy (non-hydrogen) atoms. The molecule has 3 heterocycles. The number of piperidine rings is 1. The van der Waals surface area contributed by atoms with Crippen LogP contribution in [0.4, 0.5) is 4.79 Å². The molecule has 2 aromatic heterocycles. The van der Waals surface area contributed by atoms with Crippen molar-refractivity contribution >= 4 is 41.7 Å². The van der Waals surface area contributed by atoms with Gasteiger partial charge in [0.2, 0.25) is 0 Å². The van der Waals surface area contributed by atoms with E-state index in [1.54, 1.807) is 4.90 Å². The average molecular weight is 529 g/mol. The zero-order valence-electron chi connectivity index (χ0n) is 17.7. The molecule has 0 aliphatic carbocycles. The number of amides is 1. The van der Waals surface area contributed by atoms with Gasteiger partial charge in [-0.15, -0.1) is 34.2 Å². The minimum Gasteiger partial charge on any atom is -0.450 e. The fraction of sp³-hybridized carbons (Fsp3) is 0.600. The zero-order chi connectivity index (χ0) is 20.5. The Labute approximate surface area is 194 Å². The molecule has 0 saturated carbocycles. The molecule has 10 heteroatoms. The van der Waals surface area contributed by atoms with E-state index in [4.69, 9.17) is 9.73 Å². The van der Waals surface area contributed by atoms with Crippen LogP contribution in [0.1, 0.15) is 38.9 Å². The molecule has 166 valence electrons. The van der Waals surface area contributed by atoms with Gasteiger partial charge in [0.25, 0.3) is 0 Å². The lowest BCUT2D eigenvalue weighted by Gasteiger charge is -2.32. The van der Waals surface area contributed by atoms with E-state index in [-0.39, 0.29) is 30.1 Å². The van der Waals surface area contributed by atoms with Crippen molar-refractivity contribution in [3.8, 4) is 0 Å². The van der Waals surface area contributed by atoms with Crippen molar-refractivity contribution in [2.45, 2.75) is 45.6 Å². The number of fused-ring (bicyclic) bond motifs is 1. The summed E-state index contributed by atoms with van der Waals surface area (Å²) in [5.74, 6) is 1.79. The number of likely N-dealkylation sites (tertiary alicyclic amines) is 1. The van der Waals surface area contributed by atoms with Gasteiger partial charge in [0.15, 0.2) is 11.6 Å². The number of aliphatic imine (C=N–C) groups is 1. The zero-order valence-corrected chi connectivity index (χ0v) is 20.0. The second-order valence-corrected chi connectivity index (χ2v) is 7.01. The normalized spacial score (nSPS) is 15.0. The molecule has 2 N–H and O–H groups in total. The number of rotatable bonds is 7. The van der Waals surface area contributed by atoms with E-state index in [0.717, 1.165) is 49.7 Å². The number of nitrogens with zero attached hydrogens (tertiary/aromatic N) is 5. The van der Waals surface area contributed by atoms with Crippen molar-refractivity contribution in [3.63, 3.8) is 0 Å². The maximum atomic E-state index is 11.8. The Kier molecular flexibility index (Phi) is 10.1. The number of ether oxygens (including phenoxy) is 1. The van der Waals surface area contributed by atoms with Crippen molar-refractivity contribution in [1.29, 1.82) is 0 Å². The molecule has 0 aromatic carbocycles. The van der Waals surface area contributed by atoms with E-state index in [0.29, 0.717) is 32.3 Å². The molecule has 1 amide bonds. The minimum atomic E-state index is -0.215. The van der Waals surface area contributed by atoms with Gasteiger partial charge in [-0.3, -0.25) is 9.39 Å². The van der Waals surface area contributed by atoms with Crippen LogP contribution in [0.3, 0.4) is 0 Å². The van der Waals surface area contributed by atoms with E-state index >= 15 is 0 Å². The summed E-state index contributed by atoms with van der Waals surface area (Å²) in [4.78, 5) is 18.3. The number of carbonyl (C=O) groups excluding carboxylic acids is 1. The Morgan fingerprint density at radius 2 is 2.07 bits per heavy atom. The molecular formula is C20H32IN7O2. The third kappa shape index (κ3) is 6.71. The standard InChI is InChI=1S/C20H31N7O2.HI/c1-3-21-19(23-16-10-14-26(15-11-16)20(28)29-4-2)22-12-7-9-18-25-24-17-8-5-6-13-27(17)18;/h5-6,8,13,16H,3-4,7,9-12,14-15H2,1-2H3,(H2,21,22,23);1H. The summed E-state index contributed by atoms with van der Waals surface area (Å²) in [5, 5.41) is 15.3. The third-order valence-electron chi connectivity index (χ3n) is 4.92. The molecule has 2 aromatic rings. The predicted octanol–water partition coefficient (Wildman–Crippen LogP) is 2.46. The first-order valence-corrected chi connectivity index (χ1v) is 10.5. The predicted molar refractivity (Wildman–Crippen MR) is 127 cm³/mol. The van der Waals surface area contributed by atoms with Crippen LogP contribution in [0.2, 0.25) is 0 Å². The molecule has 0 atom stereocenters. The molecule has 0 bridgehead atoms.